The van der Waals surface area contributed by atoms with Gasteiger partial charge in [-0.1, -0.05) is 6.07 Å². The molecule has 1 aliphatic rings. The van der Waals surface area contributed by atoms with Crippen molar-refractivity contribution in [3.05, 3.63) is 23.8 Å². The fraction of sp³-hybridized carbons (Fsp3) is 0.632. The number of phenolic OH excluding ortho intramolecular Hbond substituents is 1. The maximum absolute atomic E-state index is 12.9. The van der Waals surface area contributed by atoms with Gasteiger partial charge in [0.15, 0.2) is 17.5 Å². The minimum atomic E-state index is -4.21. The van der Waals surface area contributed by atoms with Crippen LogP contribution in [0.1, 0.15) is 26.3 Å². The number of guanidine groups is 1. The number of rotatable bonds is 6. The van der Waals surface area contributed by atoms with Gasteiger partial charge in [0.1, 0.15) is 6.04 Å². The molecule has 0 saturated carbocycles. The van der Waals surface area contributed by atoms with E-state index in [4.69, 9.17) is 4.74 Å². The molecule has 6 nitrogen and oxygen atoms in total. The molecule has 1 saturated heterocycles. The van der Waals surface area contributed by atoms with Crippen molar-refractivity contribution < 1.29 is 23.0 Å². The quantitative estimate of drug-likeness (QED) is 0.336. The van der Waals surface area contributed by atoms with Crippen molar-refractivity contribution in [3.63, 3.8) is 0 Å². The first-order valence-corrected chi connectivity index (χ1v) is 9.55. The van der Waals surface area contributed by atoms with E-state index in [0.29, 0.717) is 57.6 Å². The van der Waals surface area contributed by atoms with Gasteiger partial charge in [-0.2, -0.15) is 13.2 Å². The number of nitrogens with zero attached hydrogens (tertiary/aromatic N) is 3. The molecule has 10 heteroatoms. The van der Waals surface area contributed by atoms with E-state index in [-0.39, 0.29) is 29.7 Å². The molecular weight excluding hydrogens is 500 g/mol. The Labute approximate surface area is 187 Å². The number of nitrogens with one attached hydrogen (secondary N) is 1. The van der Waals surface area contributed by atoms with Crippen LogP contribution in [-0.4, -0.2) is 72.4 Å². The molecule has 0 spiro atoms. The van der Waals surface area contributed by atoms with Crippen LogP contribution in [-0.2, 0) is 6.54 Å². The Balaban J connectivity index is 0.00000420. The highest BCUT2D eigenvalue weighted by Crippen LogP contribution is 2.27. The molecule has 2 N–H and O–H groups in total. The van der Waals surface area contributed by atoms with Gasteiger partial charge in [-0.25, -0.2) is 4.99 Å². The summed E-state index contributed by atoms with van der Waals surface area (Å²) in [6.45, 7) is 8.10. The average molecular weight is 530 g/mol. The number of ether oxygens (including phenoxy) is 1. The molecule has 0 aromatic heterocycles. The highest BCUT2D eigenvalue weighted by atomic mass is 127. The zero-order valence-corrected chi connectivity index (χ0v) is 19.3. The number of alkyl halides is 3. The molecule has 1 heterocycles. The number of phenols is 1. The molecular formula is C19H30F3IN4O2. The third-order valence-corrected chi connectivity index (χ3v) is 4.71. The molecule has 1 atom stereocenters. The molecule has 0 amide bonds. The first-order valence-electron chi connectivity index (χ1n) is 9.55. The van der Waals surface area contributed by atoms with Crippen molar-refractivity contribution in [2.75, 3.05) is 39.3 Å². The number of piperazine rings is 1. The van der Waals surface area contributed by atoms with Gasteiger partial charge in [0, 0.05) is 32.7 Å². The first-order chi connectivity index (χ1) is 13.3. The Morgan fingerprint density at radius 3 is 2.45 bits per heavy atom. The highest BCUT2D eigenvalue weighted by molar-refractivity contribution is 14.0. The van der Waals surface area contributed by atoms with Gasteiger partial charge in [0.25, 0.3) is 0 Å². The monoisotopic (exact) mass is 530 g/mol. The smallest absolute Gasteiger partial charge is 0.403 e. The summed E-state index contributed by atoms with van der Waals surface area (Å²) in [5, 5.41) is 13.0. The van der Waals surface area contributed by atoms with Crippen molar-refractivity contribution in [1.82, 2.24) is 15.1 Å². The van der Waals surface area contributed by atoms with Gasteiger partial charge < -0.3 is 20.1 Å². The van der Waals surface area contributed by atoms with Crippen molar-refractivity contribution in [2.45, 2.75) is 39.5 Å². The van der Waals surface area contributed by atoms with E-state index in [1.807, 2.05) is 18.7 Å². The summed E-state index contributed by atoms with van der Waals surface area (Å²) in [7, 11) is 0. The maximum atomic E-state index is 12.9. The van der Waals surface area contributed by atoms with E-state index >= 15 is 0 Å². The average Bonchev–Trinajstić information content (AvgIpc) is 2.66. The van der Waals surface area contributed by atoms with E-state index in [0.717, 1.165) is 5.56 Å². The van der Waals surface area contributed by atoms with Crippen LogP contribution >= 0.6 is 24.0 Å². The van der Waals surface area contributed by atoms with Crippen LogP contribution in [0.4, 0.5) is 13.2 Å². The summed E-state index contributed by atoms with van der Waals surface area (Å²) in [6.07, 6.45) is -4.21. The summed E-state index contributed by atoms with van der Waals surface area (Å²) in [5.41, 5.74) is 0.876. The number of aliphatic imine (C=N–C) groups is 1. The number of aromatic hydroxyl groups is 1. The summed E-state index contributed by atoms with van der Waals surface area (Å²) in [4.78, 5) is 8.04. The summed E-state index contributed by atoms with van der Waals surface area (Å²) in [6, 6.07) is 3.64. The van der Waals surface area contributed by atoms with E-state index in [1.54, 1.807) is 18.2 Å². The van der Waals surface area contributed by atoms with Gasteiger partial charge in [0.05, 0.1) is 13.2 Å². The third-order valence-electron chi connectivity index (χ3n) is 4.71. The summed E-state index contributed by atoms with van der Waals surface area (Å²) < 4.78 is 44.1. The lowest BCUT2D eigenvalue weighted by molar-refractivity contribution is -0.181. The lowest BCUT2D eigenvalue weighted by Gasteiger charge is -2.39. The molecule has 1 aliphatic heterocycles. The molecule has 1 aromatic rings. The Hall–Kier alpha value is -1.43. The zero-order valence-electron chi connectivity index (χ0n) is 17.0. The fourth-order valence-electron chi connectivity index (χ4n) is 3.05. The van der Waals surface area contributed by atoms with Crippen LogP contribution < -0.4 is 10.1 Å². The van der Waals surface area contributed by atoms with E-state index in [1.165, 1.54) is 11.8 Å². The van der Waals surface area contributed by atoms with Crippen LogP contribution in [0.3, 0.4) is 0 Å². The van der Waals surface area contributed by atoms with Gasteiger partial charge in [-0.3, -0.25) is 4.90 Å². The highest BCUT2D eigenvalue weighted by Gasteiger charge is 2.41. The van der Waals surface area contributed by atoms with Crippen LogP contribution in [0.5, 0.6) is 11.5 Å². The van der Waals surface area contributed by atoms with Crippen molar-refractivity contribution in [3.8, 4) is 11.5 Å². The predicted molar refractivity (Wildman–Crippen MR) is 118 cm³/mol. The molecule has 29 heavy (non-hydrogen) atoms. The number of benzene rings is 1. The molecule has 1 fully saturated rings. The molecule has 1 aromatic carbocycles. The van der Waals surface area contributed by atoms with Crippen LogP contribution in [0.15, 0.2) is 23.2 Å². The maximum Gasteiger partial charge on any atom is 0.403 e. The SMILES string of the molecule is CCNC(=NCc1ccc(O)c(OCC)c1)N1CCN(C(C)C(F)(F)F)CC1.I. The minimum Gasteiger partial charge on any atom is -0.504 e. The lowest BCUT2D eigenvalue weighted by atomic mass is 10.2. The molecule has 166 valence electrons. The number of halogens is 4. The topological polar surface area (TPSA) is 60.3 Å². The van der Waals surface area contributed by atoms with Crippen LogP contribution in [0, 0.1) is 0 Å². The van der Waals surface area contributed by atoms with Gasteiger partial charge >= 0.3 is 6.18 Å². The van der Waals surface area contributed by atoms with E-state index in [9.17, 15) is 18.3 Å². The second kappa shape index (κ2) is 11.7. The lowest BCUT2D eigenvalue weighted by Crippen LogP contribution is -2.56. The number of hydrogen-bond acceptors (Lipinski definition) is 4. The zero-order chi connectivity index (χ0) is 20.7. The van der Waals surface area contributed by atoms with Crippen LogP contribution in [0.25, 0.3) is 0 Å². The van der Waals surface area contributed by atoms with Crippen molar-refractivity contribution in [2.24, 2.45) is 4.99 Å². The fourth-order valence-corrected chi connectivity index (χ4v) is 3.05. The largest absolute Gasteiger partial charge is 0.504 e. The van der Waals surface area contributed by atoms with Gasteiger partial charge in [0.2, 0.25) is 0 Å². The Kier molecular flexibility index (Phi) is 10.3. The first kappa shape index (κ1) is 25.6. The predicted octanol–water partition coefficient (Wildman–Crippen LogP) is 3.44. The van der Waals surface area contributed by atoms with Crippen molar-refractivity contribution in [1.29, 1.82) is 0 Å². The Bertz CT molecular complexity index is 665. The minimum absolute atomic E-state index is 0. The van der Waals surface area contributed by atoms with Crippen molar-refractivity contribution >= 4 is 29.9 Å². The summed E-state index contributed by atoms with van der Waals surface area (Å²) in [5.74, 6) is 1.17. The third kappa shape index (κ3) is 7.40. The molecule has 0 aliphatic carbocycles. The Morgan fingerprint density at radius 2 is 1.90 bits per heavy atom. The number of hydrogen-bond donors (Lipinski definition) is 2. The molecule has 2 rings (SSSR count). The molecule has 0 bridgehead atoms. The molecule has 0 radical (unpaired) electrons. The second-order valence-corrected chi connectivity index (χ2v) is 6.65. The van der Waals surface area contributed by atoms with E-state index < -0.39 is 12.2 Å². The van der Waals surface area contributed by atoms with E-state index in [2.05, 4.69) is 10.3 Å². The second-order valence-electron chi connectivity index (χ2n) is 6.65. The van der Waals surface area contributed by atoms with Gasteiger partial charge in [-0.15, -0.1) is 24.0 Å². The summed E-state index contributed by atoms with van der Waals surface area (Å²) >= 11 is 0. The Morgan fingerprint density at radius 1 is 1.24 bits per heavy atom. The standard InChI is InChI=1S/C19H29F3N4O2.HI/c1-4-23-18(24-13-15-6-7-16(27)17(12-15)28-5-2)26-10-8-25(9-11-26)14(3)19(20,21)22;/h6-7,12,14,27H,4-5,8-11,13H2,1-3H3,(H,23,24);1H. The molecule has 1 unspecified atom stereocenters. The van der Waals surface area contributed by atoms with Gasteiger partial charge in [-0.05, 0) is 38.5 Å². The van der Waals surface area contributed by atoms with Crippen LogP contribution in [0.2, 0.25) is 0 Å². The normalized spacial score (nSPS) is 16.9.